The Kier molecular flexibility index (Phi) is 2.58. The van der Waals surface area contributed by atoms with Crippen LogP contribution in [0.3, 0.4) is 0 Å². The Bertz CT molecular complexity index is 266. The van der Waals surface area contributed by atoms with E-state index in [0.717, 1.165) is 32.4 Å². The maximum atomic E-state index is 11.5. The molecule has 0 aromatic carbocycles. The van der Waals surface area contributed by atoms with E-state index in [1.54, 1.807) is 0 Å². The van der Waals surface area contributed by atoms with Gasteiger partial charge in [0.1, 0.15) is 0 Å². The van der Waals surface area contributed by atoms with E-state index in [4.69, 9.17) is 0 Å². The van der Waals surface area contributed by atoms with Crippen LogP contribution in [0.5, 0.6) is 0 Å². The lowest BCUT2D eigenvalue weighted by molar-refractivity contribution is 0.556. The molecule has 1 atom stereocenters. The Balaban J connectivity index is 1.83. The Morgan fingerprint density at radius 3 is 2.62 bits per heavy atom. The van der Waals surface area contributed by atoms with Gasteiger partial charge in [0, 0.05) is 12.6 Å². The highest BCUT2D eigenvalue weighted by atomic mass is 32.2. The minimum absolute atomic E-state index is 0.128. The molecule has 0 aromatic heterocycles. The van der Waals surface area contributed by atoms with Gasteiger partial charge in [-0.15, -0.1) is 0 Å². The molecule has 13 heavy (non-hydrogen) atoms. The molecular formula is C8H16N2O2S. The molecule has 76 valence electrons. The van der Waals surface area contributed by atoms with E-state index in [1.807, 2.05) is 0 Å². The van der Waals surface area contributed by atoms with Gasteiger partial charge >= 0.3 is 0 Å². The van der Waals surface area contributed by atoms with Crippen molar-refractivity contribution < 1.29 is 8.42 Å². The highest BCUT2D eigenvalue weighted by Gasteiger charge is 2.29. The summed E-state index contributed by atoms with van der Waals surface area (Å²) in [5.74, 6) is 0.774. The molecule has 5 heteroatoms. The van der Waals surface area contributed by atoms with E-state index in [-0.39, 0.29) is 6.04 Å². The molecule has 0 amide bonds. The monoisotopic (exact) mass is 204 g/mol. The molecule has 0 spiro atoms. The lowest BCUT2D eigenvalue weighted by Gasteiger charge is -2.11. The molecule has 0 bridgehead atoms. The predicted octanol–water partition coefficient (Wildman–Crippen LogP) is -0.322. The van der Waals surface area contributed by atoms with Gasteiger partial charge < -0.3 is 5.32 Å². The normalized spacial score (nSPS) is 29.4. The van der Waals surface area contributed by atoms with E-state index in [2.05, 4.69) is 10.0 Å². The number of sulfonamides is 1. The number of nitrogens with one attached hydrogen (secondary N) is 2. The summed E-state index contributed by atoms with van der Waals surface area (Å²) in [5.41, 5.74) is 0. The summed E-state index contributed by atoms with van der Waals surface area (Å²) in [6.07, 6.45) is 3.09. The van der Waals surface area contributed by atoms with Crippen molar-refractivity contribution >= 4 is 10.0 Å². The lowest BCUT2D eigenvalue weighted by atomic mass is 10.3. The molecule has 1 heterocycles. The average molecular weight is 204 g/mol. The summed E-state index contributed by atoms with van der Waals surface area (Å²) >= 11 is 0. The molecule has 1 saturated carbocycles. The van der Waals surface area contributed by atoms with E-state index in [1.165, 1.54) is 0 Å². The molecule has 2 N–H and O–H groups in total. The maximum absolute atomic E-state index is 11.5. The van der Waals surface area contributed by atoms with Crippen molar-refractivity contribution in [3.63, 3.8) is 0 Å². The van der Waals surface area contributed by atoms with Crippen molar-refractivity contribution in [2.24, 2.45) is 5.92 Å². The summed E-state index contributed by atoms with van der Waals surface area (Å²) in [4.78, 5) is 0. The van der Waals surface area contributed by atoms with Crippen LogP contribution in [0.2, 0.25) is 0 Å². The molecule has 2 aliphatic rings. The second kappa shape index (κ2) is 3.55. The molecule has 0 aromatic rings. The highest BCUT2D eigenvalue weighted by Crippen LogP contribution is 2.30. The quantitative estimate of drug-likeness (QED) is 0.660. The van der Waals surface area contributed by atoms with Crippen molar-refractivity contribution in [3.05, 3.63) is 0 Å². The molecule has 2 fully saturated rings. The zero-order chi connectivity index (χ0) is 9.31. The first kappa shape index (κ1) is 9.43. The molecule has 0 unspecified atom stereocenters. The van der Waals surface area contributed by atoms with Crippen molar-refractivity contribution in [3.8, 4) is 0 Å². The first-order valence-electron chi connectivity index (χ1n) is 4.86. The second-order valence-electron chi connectivity index (χ2n) is 4.03. The highest BCUT2D eigenvalue weighted by molar-refractivity contribution is 7.89. The van der Waals surface area contributed by atoms with Crippen LogP contribution in [0, 0.1) is 5.92 Å². The summed E-state index contributed by atoms with van der Waals surface area (Å²) < 4.78 is 25.7. The number of hydrogen-bond donors (Lipinski definition) is 2. The summed E-state index contributed by atoms with van der Waals surface area (Å²) in [6.45, 7) is 1.71. The molecule has 1 saturated heterocycles. The van der Waals surface area contributed by atoms with Crippen LogP contribution in [0.25, 0.3) is 0 Å². The van der Waals surface area contributed by atoms with Crippen molar-refractivity contribution in [2.45, 2.75) is 25.3 Å². The third-order valence-corrected chi connectivity index (χ3v) is 4.16. The van der Waals surface area contributed by atoms with Crippen molar-refractivity contribution in [2.75, 3.05) is 18.8 Å². The van der Waals surface area contributed by atoms with Crippen LogP contribution in [0.15, 0.2) is 0 Å². The van der Waals surface area contributed by atoms with Gasteiger partial charge in [0.15, 0.2) is 0 Å². The topological polar surface area (TPSA) is 58.2 Å². The Morgan fingerprint density at radius 2 is 2.08 bits per heavy atom. The minimum atomic E-state index is -2.99. The first-order valence-corrected chi connectivity index (χ1v) is 6.52. The maximum Gasteiger partial charge on any atom is 0.212 e. The third-order valence-electron chi connectivity index (χ3n) is 2.56. The van der Waals surface area contributed by atoms with Gasteiger partial charge in [0.25, 0.3) is 0 Å². The second-order valence-corrected chi connectivity index (χ2v) is 5.83. The van der Waals surface area contributed by atoms with Crippen LogP contribution in [-0.2, 0) is 10.0 Å². The van der Waals surface area contributed by atoms with Gasteiger partial charge in [-0.25, -0.2) is 13.1 Å². The van der Waals surface area contributed by atoms with Gasteiger partial charge in [-0.05, 0) is 31.7 Å². The number of rotatable bonds is 4. The SMILES string of the molecule is O=S(=O)(CC1CC1)N[C@@H]1CCNC1. The number of hydrogen-bond acceptors (Lipinski definition) is 3. The molecular weight excluding hydrogens is 188 g/mol. The van der Waals surface area contributed by atoms with E-state index in [9.17, 15) is 8.42 Å². The molecule has 1 aliphatic heterocycles. The molecule has 4 nitrogen and oxygen atoms in total. The standard InChI is InChI=1S/C8H16N2O2S/c11-13(12,6-7-1-2-7)10-8-3-4-9-5-8/h7-10H,1-6H2/t8-/m1/s1. The van der Waals surface area contributed by atoms with Crippen LogP contribution in [0.4, 0.5) is 0 Å². The molecule has 1 aliphatic carbocycles. The van der Waals surface area contributed by atoms with Crippen LogP contribution in [-0.4, -0.2) is 33.3 Å². The predicted molar refractivity (Wildman–Crippen MR) is 50.9 cm³/mol. The summed E-state index contributed by atoms with van der Waals surface area (Å²) in [5, 5.41) is 3.14. The Labute approximate surface area is 79.1 Å². The summed E-state index contributed by atoms with van der Waals surface area (Å²) in [7, 11) is -2.99. The fourth-order valence-electron chi connectivity index (χ4n) is 1.65. The van der Waals surface area contributed by atoms with Gasteiger partial charge in [0.2, 0.25) is 10.0 Å². The van der Waals surface area contributed by atoms with Crippen LogP contribution in [0.1, 0.15) is 19.3 Å². The fraction of sp³-hybridized carbons (Fsp3) is 1.00. The molecule has 2 rings (SSSR count). The largest absolute Gasteiger partial charge is 0.315 e. The van der Waals surface area contributed by atoms with Gasteiger partial charge in [-0.1, -0.05) is 0 Å². The van der Waals surface area contributed by atoms with Crippen molar-refractivity contribution in [1.82, 2.24) is 10.0 Å². The Hall–Kier alpha value is -0.130. The van der Waals surface area contributed by atoms with Crippen LogP contribution >= 0.6 is 0 Å². The average Bonchev–Trinajstić information content (AvgIpc) is 2.64. The zero-order valence-corrected chi connectivity index (χ0v) is 8.44. The van der Waals surface area contributed by atoms with Gasteiger partial charge in [-0.2, -0.15) is 0 Å². The zero-order valence-electron chi connectivity index (χ0n) is 7.62. The van der Waals surface area contributed by atoms with Gasteiger partial charge in [-0.3, -0.25) is 0 Å². The molecule has 0 radical (unpaired) electrons. The fourth-order valence-corrected chi connectivity index (χ4v) is 3.41. The van der Waals surface area contributed by atoms with E-state index >= 15 is 0 Å². The van der Waals surface area contributed by atoms with Gasteiger partial charge in [0.05, 0.1) is 5.75 Å². The van der Waals surface area contributed by atoms with Crippen LogP contribution < -0.4 is 10.0 Å². The van der Waals surface area contributed by atoms with E-state index in [0.29, 0.717) is 11.7 Å². The lowest BCUT2D eigenvalue weighted by Crippen LogP contribution is -2.38. The first-order chi connectivity index (χ1) is 6.16. The van der Waals surface area contributed by atoms with E-state index < -0.39 is 10.0 Å². The third kappa shape index (κ3) is 2.93. The Morgan fingerprint density at radius 1 is 1.31 bits per heavy atom. The minimum Gasteiger partial charge on any atom is -0.315 e. The van der Waals surface area contributed by atoms with Crippen molar-refractivity contribution in [1.29, 1.82) is 0 Å². The summed E-state index contributed by atoms with van der Waals surface area (Å²) in [6, 6.07) is 0.128. The smallest absolute Gasteiger partial charge is 0.212 e.